The number of carbonyl (C=O) groups excluding carboxylic acids is 2. The fraction of sp³-hybridized carbons (Fsp3) is 0.571. The van der Waals surface area contributed by atoms with Gasteiger partial charge in [0, 0.05) is 20.1 Å². The van der Waals surface area contributed by atoms with Crippen molar-refractivity contribution in [2.45, 2.75) is 69.1 Å². The predicted octanol–water partition coefficient (Wildman–Crippen LogP) is 3.60. The van der Waals surface area contributed by atoms with E-state index in [0.29, 0.717) is 23.6 Å². The number of anilines is 1. The van der Waals surface area contributed by atoms with E-state index in [1.807, 2.05) is 44.0 Å². The van der Waals surface area contributed by atoms with Gasteiger partial charge in [-0.15, -0.1) is 0 Å². The van der Waals surface area contributed by atoms with Crippen LogP contribution in [0.5, 0.6) is 11.5 Å². The highest BCUT2D eigenvalue weighted by atomic mass is 16.5. The second-order valence-corrected chi connectivity index (χ2v) is 12.6. The molecule has 7 nitrogen and oxygen atoms in total. The summed E-state index contributed by atoms with van der Waals surface area (Å²) < 4.78 is 12.2. The highest BCUT2D eigenvalue weighted by molar-refractivity contribution is 6.10. The quantitative estimate of drug-likeness (QED) is 0.581. The van der Waals surface area contributed by atoms with Gasteiger partial charge in [-0.05, 0) is 67.7 Å². The van der Waals surface area contributed by atoms with E-state index in [1.54, 1.807) is 6.26 Å². The molecule has 1 saturated carbocycles. The lowest BCUT2D eigenvalue weighted by atomic mass is 9.57. The molecule has 7 aliphatic rings. The van der Waals surface area contributed by atoms with Gasteiger partial charge < -0.3 is 19.7 Å². The van der Waals surface area contributed by atoms with Gasteiger partial charge >= 0.3 is 0 Å². The van der Waals surface area contributed by atoms with Crippen molar-refractivity contribution in [3.63, 3.8) is 0 Å². The topological polar surface area (TPSA) is 71.1 Å². The minimum absolute atomic E-state index is 0.00783. The summed E-state index contributed by atoms with van der Waals surface area (Å²) in [6, 6.07) is 3.98. The number of piperidine rings is 2. The van der Waals surface area contributed by atoms with Gasteiger partial charge in [0.15, 0.2) is 11.5 Å². The zero-order valence-corrected chi connectivity index (χ0v) is 21.2. The number of nitrogens with zero attached hydrogens (tertiary/aromatic N) is 2. The molecule has 35 heavy (non-hydrogen) atoms. The Hall–Kier alpha value is -2.80. The molecular weight excluding hydrogens is 442 g/mol. The molecule has 8 rings (SSSR count). The van der Waals surface area contributed by atoms with Crippen molar-refractivity contribution in [1.29, 1.82) is 0 Å². The molecule has 6 heterocycles. The fourth-order valence-electron chi connectivity index (χ4n) is 8.69. The lowest BCUT2D eigenvalue weighted by Gasteiger charge is -2.64. The molecule has 184 valence electrons. The Balaban J connectivity index is 1.42. The lowest BCUT2D eigenvalue weighted by Crippen LogP contribution is -2.78. The number of rotatable bonds is 0. The molecule has 0 radical (unpaired) electrons. The number of ether oxygens (including phenoxy) is 2. The molecule has 6 aliphatic heterocycles. The second-order valence-electron chi connectivity index (χ2n) is 12.6. The number of benzene rings is 1. The molecule has 1 aromatic rings. The number of likely N-dealkylation sites (N-methyl/N-ethyl adjacent to an activating group) is 1. The third-order valence-corrected chi connectivity index (χ3v) is 10.5. The van der Waals surface area contributed by atoms with Crippen molar-refractivity contribution in [3.8, 4) is 11.5 Å². The molecule has 4 saturated heterocycles. The van der Waals surface area contributed by atoms with Crippen LogP contribution in [0.15, 0.2) is 36.6 Å². The molecule has 1 unspecified atom stereocenters. The number of fused-ring (bicyclic) bond motifs is 5. The Labute approximate surface area is 206 Å². The van der Waals surface area contributed by atoms with Gasteiger partial charge in [0.1, 0.15) is 11.1 Å². The highest BCUT2D eigenvalue weighted by Crippen LogP contribution is 2.72. The van der Waals surface area contributed by atoms with Gasteiger partial charge in [0.25, 0.3) is 0 Å². The minimum atomic E-state index is -0.780. The first-order valence-electron chi connectivity index (χ1n) is 12.6. The number of hydrogen-bond donors (Lipinski definition) is 1. The van der Waals surface area contributed by atoms with Crippen LogP contribution in [0.2, 0.25) is 0 Å². The van der Waals surface area contributed by atoms with E-state index in [-0.39, 0.29) is 17.7 Å². The highest BCUT2D eigenvalue weighted by Gasteiger charge is 2.79. The summed E-state index contributed by atoms with van der Waals surface area (Å²) in [4.78, 5) is 32.3. The van der Waals surface area contributed by atoms with Gasteiger partial charge in [-0.3, -0.25) is 14.5 Å². The van der Waals surface area contributed by atoms with E-state index in [1.165, 1.54) is 0 Å². The Morgan fingerprint density at radius 2 is 1.94 bits per heavy atom. The van der Waals surface area contributed by atoms with E-state index in [2.05, 4.69) is 30.6 Å². The summed E-state index contributed by atoms with van der Waals surface area (Å²) in [6.45, 7) is 14.4. The lowest BCUT2D eigenvalue weighted by molar-refractivity contribution is -0.179. The van der Waals surface area contributed by atoms with Crippen LogP contribution in [-0.2, 0) is 15.0 Å². The summed E-state index contributed by atoms with van der Waals surface area (Å²) in [5.41, 5.74) is -0.0401. The summed E-state index contributed by atoms with van der Waals surface area (Å²) in [5.74, 6) is 1.48. The fourth-order valence-corrected chi connectivity index (χ4v) is 8.69. The van der Waals surface area contributed by atoms with Crippen LogP contribution in [-0.4, -0.2) is 58.4 Å². The van der Waals surface area contributed by atoms with Crippen molar-refractivity contribution in [1.82, 2.24) is 9.80 Å². The van der Waals surface area contributed by atoms with Gasteiger partial charge in [-0.25, -0.2) is 0 Å². The van der Waals surface area contributed by atoms with Gasteiger partial charge in [0.05, 0.1) is 22.9 Å². The number of amides is 2. The summed E-state index contributed by atoms with van der Waals surface area (Å²) in [5, 5.41) is 3.20. The zero-order valence-electron chi connectivity index (χ0n) is 21.2. The maximum Gasteiger partial charge on any atom is 0.247 e. The van der Waals surface area contributed by atoms with Crippen LogP contribution in [0, 0.1) is 11.3 Å². The van der Waals surface area contributed by atoms with E-state index in [9.17, 15) is 9.59 Å². The van der Waals surface area contributed by atoms with Crippen molar-refractivity contribution in [2.24, 2.45) is 11.3 Å². The molecule has 3 spiro atoms. The van der Waals surface area contributed by atoms with Crippen molar-refractivity contribution < 1.29 is 19.1 Å². The maximum absolute atomic E-state index is 14.1. The number of nitrogens with one attached hydrogen (secondary N) is 1. The molecule has 1 aromatic carbocycles. The summed E-state index contributed by atoms with van der Waals surface area (Å²) in [6.07, 6.45) is 5.71. The number of carbonyl (C=O) groups is 2. The third-order valence-electron chi connectivity index (χ3n) is 10.5. The molecule has 1 aliphatic carbocycles. The molecule has 2 amide bonds. The summed E-state index contributed by atoms with van der Waals surface area (Å²) in [7, 11) is 1.95. The third kappa shape index (κ3) is 2.11. The summed E-state index contributed by atoms with van der Waals surface area (Å²) >= 11 is 0. The van der Waals surface area contributed by atoms with Crippen LogP contribution in [0.1, 0.15) is 52.5 Å². The van der Waals surface area contributed by atoms with E-state index < -0.39 is 27.5 Å². The van der Waals surface area contributed by atoms with Crippen molar-refractivity contribution >= 4 is 17.5 Å². The first-order valence-corrected chi connectivity index (χ1v) is 12.6. The van der Waals surface area contributed by atoms with E-state index in [4.69, 9.17) is 9.47 Å². The standard InChI is InChI=1S/C28H33N3O4/c1-16-9-11-31-15-26-14-27(25(4,5)19(26)13-28(16,31)23(33)30(26)6)17-7-8-18-21(20(17)29-22(27)32)34-12-10-24(2,3)35-18/h7-8,10,12,19H,1,9,11,13-15H2,2-6H3,(H,29,32)/t19?,26-,27-,28-/m1/s1. The number of hydrogen-bond acceptors (Lipinski definition) is 5. The molecule has 5 fully saturated rings. The van der Waals surface area contributed by atoms with Crippen LogP contribution < -0.4 is 14.8 Å². The Kier molecular flexibility index (Phi) is 3.65. The molecular formula is C28H33N3O4. The van der Waals surface area contributed by atoms with Crippen molar-refractivity contribution in [3.05, 3.63) is 42.2 Å². The van der Waals surface area contributed by atoms with Crippen molar-refractivity contribution in [2.75, 3.05) is 25.5 Å². The number of piperazine rings is 1. The van der Waals surface area contributed by atoms with Crippen LogP contribution in [0.25, 0.3) is 0 Å². The predicted molar refractivity (Wildman–Crippen MR) is 131 cm³/mol. The molecule has 0 aromatic heterocycles. The largest absolute Gasteiger partial charge is 0.480 e. The first-order chi connectivity index (χ1) is 16.4. The molecule has 7 heteroatoms. The zero-order chi connectivity index (χ0) is 24.8. The Morgan fingerprint density at radius 1 is 1.17 bits per heavy atom. The Morgan fingerprint density at radius 3 is 2.71 bits per heavy atom. The average molecular weight is 476 g/mol. The second kappa shape index (κ2) is 5.94. The monoisotopic (exact) mass is 475 g/mol. The van der Waals surface area contributed by atoms with Crippen LogP contribution in [0.3, 0.4) is 0 Å². The average Bonchev–Trinajstić information content (AvgIpc) is 3.29. The van der Waals surface area contributed by atoms with E-state index in [0.717, 1.165) is 37.1 Å². The normalized spacial score (nSPS) is 39.5. The van der Waals surface area contributed by atoms with Crippen LogP contribution >= 0.6 is 0 Å². The first kappa shape index (κ1) is 21.5. The minimum Gasteiger partial charge on any atom is -0.480 e. The van der Waals surface area contributed by atoms with Gasteiger partial charge in [-0.2, -0.15) is 0 Å². The molecule has 1 N–H and O–H groups in total. The molecule has 2 bridgehead atoms. The maximum atomic E-state index is 14.1. The van der Waals surface area contributed by atoms with Gasteiger partial charge in [0.2, 0.25) is 11.8 Å². The smallest absolute Gasteiger partial charge is 0.247 e. The van der Waals surface area contributed by atoms with Crippen LogP contribution in [0.4, 0.5) is 5.69 Å². The molecule has 4 atom stereocenters. The van der Waals surface area contributed by atoms with E-state index >= 15 is 0 Å². The SMILES string of the molecule is C=C1CCN2C[C@]34C[C@@]5(C(=O)Nc6c5ccc5c6OC=CC(C)(C)O5)C(C)(C)C3C[C@]12C(=O)N4C. The Bertz CT molecular complexity index is 1280. The van der Waals surface area contributed by atoms with Gasteiger partial charge in [-0.1, -0.05) is 26.5 Å².